The van der Waals surface area contributed by atoms with Crippen molar-refractivity contribution >= 4 is 39.4 Å². The van der Waals surface area contributed by atoms with Crippen molar-refractivity contribution in [2.45, 2.75) is 10.0 Å². The van der Waals surface area contributed by atoms with Crippen LogP contribution in [0.25, 0.3) is 0 Å². The van der Waals surface area contributed by atoms with Gasteiger partial charge in [-0.2, -0.15) is 8.42 Å². The lowest BCUT2D eigenvalue weighted by Gasteiger charge is -2.26. The highest BCUT2D eigenvalue weighted by Crippen LogP contribution is 2.38. The lowest BCUT2D eigenvalue weighted by molar-refractivity contribution is -0.126. The molecular weight excluding hydrogens is 391 g/mol. The van der Waals surface area contributed by atoms with E-state index in [9.17, 15) is 13.2 Å². The van der Waals surface area contributed by atoms with Crippen LogP contribution in [0.2, 0.25) is 0 Å². The first-order chi connectivity index (χ1) is 13.5. The normalized spacial score (nSPS) is 19.7. The summed E-state index contributed by atoms with van der Waals surface area (Å²) in [5.41, 5.74) is 3.80. The SMILES string of the molecule is [B]C([B])(c1ccccc1)S(=O)(=O)OC1=C(N)O[C@@]([B])(c2cccc(OC)c2)C1=O. The lowest BCUT2D eigenvalue weighted by Crippen LogP contribution is -2.40. The summed E-state index contributed by atoms with van der Waals surface area (Å²) < 4.78 is 38.3. The highest BCUT2D eigenvalue weighted by molar-refractivity contribution is 7.90. The molecule has 0 saturated carbocycles. The molecule has 1 aliphatic rings. The number of nitrogens with two attached hydrogens (primary N) is 1. The van der Waals surface area contributed by atoms with Crippen LogP contribution < -0.4 is 10.5 Å². The van der Waals surface area contributed by atoms with E-state index in [1.807, 2.05) is 0 Å². The minimum absolute atomic E-state index is 0.0392. The Balaban J connectivity index is 1.94. The molecule has 0 aromatic heterocycles. The van der Waals surface area contributed by atoms with E-state index < -0.39 is 37.6 Å². The molecule has 0 amide bonds. The zero-order chi connectivity index (χ0) is 21.4. The van der Waals surface area contributed by atoms with Crippen LogP contribution in [0.15, 0.2) is 66.2 Å². The summed E-state index contributed by atoms with van der Waals surface area (Å²) in [5.74, 6) is -2.05. The monoisotopic (exact) mass is 405 g/mol. The molecule has 0 saturated heterocycles. The lowest BCUT2D eigenvalue weighted by atomic mass is 9.65. The molecule has 0 bridgehead atoms. The molecule has 2 aromatic carbocycles. The number of carbonyl (C=O) groups excluding carboxylic acids is 1. The number of ketones is 1. The van der Waals surface area contributed by atoms with Gasteiger partial charge in [0.2, 0.25) is 17.4 Å². The van der Waals surface area contributed by atoms with Crippen LogP contribution in [-0.4, -0.2) is 44.8 Å². The van der Waals surface area contributed by atoms with Crippen LogP contribution in [0.3, 0.4) is 0 Å². The summed E-state index contributed by atoms with van der Waals surface area (Å²) in [4.78, 5) is 12.9. The third-order valence-corrected chi connectivity index (χ3v) is 5.82. The fourth-order valence-corrected chi connectivity index (χ4v) is 3.63. The minimum Gasteiger partial charge on any atom is -0.497 e. The van der Waals surface area contributed by atoms with Crippen molar-refractivity contribution in [3.05, 3.63) is 77.4 Å². The summed E-state index contributed by atoms with van der Waals surface area (Å²) in [6.45, 7) is 0. The minimum atomic E-state index is -4.77. The van der Waals surface area contributed by atoms with Crippen molar-refractivity contribution in [1.29, 1.82) is 0 Å². The number of ether oxygens (including phenoxy) is 2. The van der Waals surface area contributed by atoms with E-state index in [0.29, 0.717) is 5.75 Å². The van der Waals surface area contributed by atoms with Gasteiger partial charge in [0.15, 0.2) is 5.50 Å². The molecule has 11 heteroatoms. The second-order valence-electron chi connectivity index (χ2n) is 6.29. The molecule has 0 aliphatic carbocycles. The number of rotatable bonds is 6. The van der Waals surface area contributed by atoms with Crippen molar-refractivity contribution in [2.24, 2.45) is 5.73 Å². The second kappa shape index (κ2) is 7.22. The van der Waals surface area contributed by atoms with Crippen LogP contribution >= 0.6 is 0 Å². The van der Waals surface area contributed by atoms with Crippen molar-refractivity contribution in [3.8, 4) is 5.75 Å². The number of carbonyl (C=O) groups is 1. The standard InChI is InChI=1S/C18H14B3NO6S/c1-26-13-9-5-8-12(10-13)17(19)15(23)14(16(22)27-17)28-29(24,25)18(20,21)11-6-3-2-4-7-11/h2-10H,22H2,1H3/t17-/m0/s1. The quantitative estimate of drug-likeness (QED) is 0.543. The third-order valence-electron chi connectivity index (χ3n) is 4.37. The van der Waals surface area contributed by atoms with Crippen molar-refractivity contribution in [3.63, 3.8) is 0 Å². The maximum atomic E-state index is 12.9. The molecule has 0 fully saturated rings. The predicted molar refractivity (Wildman–Crippen MR) is 107 cm³/mol. The molecule has 0 spiro atoms. The number of benzene rings is 2. The Morgan fingerprint density at radius 1 is 1.10 bits per heavy atom. The Labute approximate surface area is 172 Å². The Hall–Kier alpha value is -2.81. The topological polar surface area (TPSA) is 105 Å². The molecular formula is C18H14B3NO6S. The zero-order valence-corrected chi connectivity index (χ0v) is 16.2. The Kier molecular flexibility index (Phi) is 5.21. The molecule has 6 radical (unpaired) electrons. The molecule has 1 atom stereocenters. The zero-order valence-electron chi connectivity index (χ0n) is 15.4. The van der Waals surface area contributed by atoms with Gasteiger partial charge in [0, 0.05) is 0 Å². The van der Waals surface area contributed by atoms with E-state index in [1.54, 1.807) is 30.3 Å². The molecule has 7 nitrogen and oxygen atoms in total. The number of hydrogen-bond donors (Lipinski definition) is 1. The average Bonchev–Trinajstić information content (AvgIpc) is 2.92. The molecule has 142 valence electrons. The average molecular weight is 405 g/mol. The molecule has 2 aromatic rings. The van der Waals surface area contributed by atoms with Gasteiger partial charge in [-0.3, -0.25) is 4.79 Å². The van der Waals surface area contributed by atoms with Gasteiger partial charge < -0.3 is 19.4 Å². The van der Waals surface area contributed by atoms with E-state index in [4.69, 9.17) is 42.9 Å². The Morgan fingerprint density at radius 3 is 2.38 bits per heavy atom. The van der Waals surface area contributed by atoms with Gasteiger partial charge in [-0.05, 0) is 23.3 Å². The Bertz CT molecular complexity index is 1090. The van der Waals surface area contributed by atoms with Crippen LogP contribution in [0.4, 0.5) is 0 Å². The highest BCUT2D eigenvalue weighted by Gasteiger charge is 2.50. The summed E-state index contributed by atoms with van der Waals surface area (Å²) >= 11 is 0. The molecule has 0 unspecified atom stereocenters. The maximum absolute atomic E-state index is 12.9. The summed E-state index contributed by atoms with van der Waals surface area (Å²) in [6, 6.07) is 13.7. The fourth-order valence-electron chi connectivity index (χ4n) is 2.69. The summed E-state index contributed by atoms with van der Waals surface area (Å²) in [6.07, 6.45) is 0. The summed E-state index contributed by atoms with van der Waals surface area (Å²) in [5, 5.41) is 0. The van der Waals surface area contributed by atoms with Crippen LogP contribution in [0, 0.1) is 0 Å². The van der Waals surface area contributed by atoms with Crippen LogP contribution in [-0.2, 0) is 33.9 Å². The molecule has 1 aliphatic heterocycles. The van der Waals surface area contributed by atoms with Gasteiger partial charge >= 0.3 is 10.1 Å². The van der Waals surface area contributed by atoms with E-state index in [0.717, 1.165) is 0 Å². The first-order valence-electron chi connectivity index (χ1n) is 8.27. The molecule has 29 heavy (non-hydrogen) atoms. The number of hydrogen-bond acceptors (Lipinski definition) is 7. The van der Waals surface area contributed by atoms with Gasteiger partial charge in [0.1, 0.15) is 13.6 Å². The number of methoxy groups -OCH3 is 1. The van der Waals surface area contributed by atoms with Crippen LogP contribution in [0.1, 0.15) is 11.1 Å². The van der Waals surface area contributed by atoms with E-state index in [-0.39, 0.29) is 11.1 Å². The molecule has 1 heterocycles. The first kappa shape index (κ1) is 20.9. The molecule has 2 N–H and O–H groups in total. The summed E-state index contributed by atoms with van der Waals surface area (Å²) in [7, 11) is 14.3. The third kappa shape index (κ3) is 3.50. The van der Waals surface area contributed by atoms with E-state index >= 15 is 0 Å². The fraction of sp³-hybridized carbons (Fsp3) is 0.167. The van der Waals surface area contributed by atoms with Crippen molar-refractivity contribution < 1.29 is 26.9 Å². The highest BCUT2D eigenvalue weighted by atomic mass is 32.2. The van der Waals surface area contributed by atoms with Crippen molar-refractivity contribution in [2.75, 3.05) is 7.11 Å². The van der Waals surface area contributed by atoms with Gasteiger partial charge in [0.25, 0.3) is 0 Å². The van der Waals surface area contributed by atoms with Gasteiger partial charge in [-0.1, -0.05) is 42.5 Å². The van der Waals surface area contributed by atoms with Gasteiger partial charge in [0.05, 0.1) is 27.3 Å². The van der Waals surface area contributed by atoms with Gasteiger partial charge in [-0.25, -0.2) is 0 Å². The largest absolute Gasteiger partial charge is 0.497 e. The second-order valence-corrected chi connectivity index (χ2v) is 8.04. The Morgan fingerprint density at radius 2 is 1.76 bits per heavy atom. The van der Waals surface area contributed by atoms with E-state index in [1.165, 1.54) is 31.4 Å². The molecule has 3 rings (SSSR count). The first-order valence-corrected chi connectivity index (χ1v) is 9.68. The number of Topliss-reactive ketones (excluding diaryl/α,β-unsaturated/α-hetero) is 1. The maximum Gasteiger partial charge on any atom is 0.302 e. The van der Waals surface area contributed by atoms with Gasteiger partial charge in [-0.15, -0.1) is 0 Å². The predicted octanol–water partition coefficient (Wildman–Crippen LogP) is 0.237. The smallest absolute Gasteiger partial charge is 0.302 e. The van der Waals surface area contributed by atoms with Crippen molar-refractivity contribution in [1.82, 2.24) is 0 Å². The van der Waals surface area contributed by atoms with E-state index in [2.05, 4.69) is 0 Å². The van der Waals surface area contributed by atoms with Crippen LogP contribution in [0.5, 0.6) is 5.75 Å².